The molecule has 1 aliphatic rings. The maximum atomic E-state index is 13.0. The Labute approximate surface area is 155 Å². The molecule has 0 saturated carbocycles. The first-order valence-corrected chi connectivity index (χ1v) is 9.10. The fourth-order valence-corrected chi connectivity index (χ4v) is 3.70. The predicted octanol–water partition coefficient (Wildman–Crippen LogP) is 3.38. The number of amides is 1. The molecule has 5 rings (SSSR count). The lowest BCUT2D eigenvalue weighted by molar-refractivity contribution is 0.0696. The molecule has 7 nitrogen and oxygen atoms in total. The number of para-hydroxylation sites is 2. The molecule has 0 radical (unpaired) electrons. The van der Waals surface area contributed by atoms with Crippen molar-refractivity contribution < 1.29 is 9.21 Å². The monoisotopic (exact) mass is 361 g/mol. The van der Waals surface area contributed by atoms with Crippen LogP contribution in [0.2, 0.25) is 0 Å². The fraction of sp³-hybridized carbons (Fsp3) is 0.250. The largest absolute Gasteiger partial charge is 0.454 e. The van der Waals surface area contributed by atoms with Crippen molar-refractivity contribution in [3.8, 4) is 0 Å². The standard InChI is InChI=1S/C20H19N5O2/c26-20(18-9-8-14(27-18)13-24-11-4-10-21-24)25-12-3-7-17(25)19-22-15-5-1-2-6-16(15)23-19/h1-2,4-6,8-11,17H,3,7,12-13H2,(H,22,23)/t17-/m1/s1. The second-order valence-electron chi connectivity index (χ2n) is 6.77. The number of aromatic nitrogens is 4. The Balaban J connectivity index is 1.38. The third kappa shape index (κ3) is 2.91. The topological polar surface area (TPSA) is 79.9 Å². The molecule has 1 aromatic carbocycles. The first-order chi connectivity index (χ1) is 13.3. The normalized spacial score (nSPS) is 17.0. The number of nitrogens with zero attached hydrogens (tertiary/aromatic N) is 4. The minimum Gasteiger partial charge on any atom is -0.454 e. The van der Waals surface area contributed by atoms with Gasteiger partial charge in [-0.3, -0.25) is 9.48 Å². The Bertz CT molecular complexity index is 1050. The summed E-state index contributed by atoms with van der Waals surface area (Å²) < 4.78 is 7.56. The molecule has 136 valence electrons. The summed E-state index contributed by atoms with van der Waals surface area (Å²) in [5.41, 5.74) is 1.91. The van der Waals surface area contributed by atoms with Crippen LogP contribution in [0.1, 0.15) is 41.0 Å². The molecule has 1 amide bonds. The van der Waals surface area contributed by atoms with E-state index in [0.29, 0.717) is 24.6 Å². The second-order valence-corrected chi connectivity index (χ2v) is 6.77. The predicted molar refractivity (Wildman–Crippen MR) is 99.1 cm³/mol. The van der Waals surface area contributed by atoms with E-state index < -0.39 is 0 Å². The minimum absolute atomic E-state index is 0.0513. The van der Waals surface area contributed by atoms with E-state index in [1.165, 1.54) is 0 Å². The van der Waals surface area contributed by atoms with Crippen molar-refractivity contribution in [3.05, 3.63) is 72.2 Å². The first kappa shape index (κ1) is 15.9. The zero-order chi connectivity index (χ0) is 18.2. The van der Waals surface area contributed by atoms with Gasteiger partial charge in [0.15, 0.2) is 5.76 Å². The number of benzene rings is 1. The lowest BCUT2D eigenvalue weighted by atomic mass is 10.2. The average molecular weight is 361 g/mol. The molecule has 3 aromatic heterocycles. The van der Waals surface area contributed by atoms with Crippen LogP contribution in [0.25, 0.3) is 11.0 Å². The molecule has 0 aliphatic carbocycles. The molecule has 1 saturated heterocycles. The van der Waals surface area contributed by atoms with E-state index in [1.54, 1.807) is 16.9 Å². The van der Waals surface area contributed by atoms with Crippen LogP contribution < -0.4 is 0 Å². The molecule has 0 spiro atoms. The number of likely N-dealkylation sites (tertiary alicyclic amines) is 1. The fourth-order valence-electron chi connectivity index (χ4n) is 3.70. The molecule has 1 aliphatic heterocycles. The Kier molecular flexibility index (Phi) is 3.78. The number of nitrogens with one attached hydrogen (secondary N) is 1. The van der Waals surface area contributed by atoms with Crippen LogP contribution in [-0.4, -0.2) is 37.1 Å². The Morgan fingerprint density at radius 2 is 2.15 bits per heavy atom. The highest BCUT2D eigenvalue weighted by atomic mass is 16.4. The quantitative estimate of drug-likeness (QED) is 0.604. The molecule has 7 heteroatoms. The Morgan fingerprint density at radius 3 is 3.00 bits per heavy atom. The van der Waals surface area contributed by atoms with Crippen LogP contribution >= 0.6 is 0 Å². The van der Waals surface area contributed by atoms with E-state index in [9.17, 15) is 4.79 Å². The maximum absolute atomic E-state index is 13.0. The van der Waals surface area contributed by atoms with Gasteiger partial charge in [-0.1, -0.05) is 12.1 Å². The summed E-state index contributed by atoms with van der Waals surface area (Å²) >= 11 is 0. The van der Waals surface area contributed by atoms with E-state index in [2.05, 4.69) is 15.1 Å². The highest BCUT2D eigenvalue weighted by Crippen LogP contribution is 2.32. The number of hydrogen-bond acceptors (Lipinski definition) is 4. The number of hydrogen-bond donors (Lipinski definition) is 1. The van der Waals surface area contributed by atoms with Gasteiger partial charge in [-0.2, -0.15) is 5.10 Å². The molecule has 0 unspecified atom stereocenters. The maximum Gasteiger partial charge on any atom is 0.290 e. The minimum atomic E-state index is -0.0929. The molecule has 1 N–H and O–H groups in total. The van der Waals surface area contributed by atoms with E-state index in [0.717, 1.165) is 29.7 Å². The number of furan rings is 1. The third-order valence-electron chi connectivity index (χ3n) is 4.99. The van der Waals surface area contributed by atoms with Crippen LogP contribution in [0.4, 0.5) is 0 Å². The van der Waals surface area contributed by atoms with Crippen molar-refractivity contribution in [1.29, 1.82) is 0 Å². The molecule has 1 fully saturated rings. The van der Waals surface area contributed by atoms with Gasteiger partial charge in [-0.15, -0.1) is 0 Å². The zero-order valence-electron chi connectivity index (χ0n) is 14.7. The highest BCUT2D eigenvalue weighted by Gasteiger charge is 2.34. The molecular formula is C20H19N5O2. The number of rotatable bonds is 4. The van der Waals surface area contributed by atoms with Gasteiger partial charge >= 0.3 is 0 Å². The highest BCUT2D eigenvalue weighted by molar-refractivity contribution is 5.92. The van der Waals surface area contributed by atoms with Crippen molar-refractivity contribution in [3.63, 3.8) is 0 Å². The van der Waals surface area contributed by atoms with Crippen molar-refractivity contribution >= 4 is 16.9 Å². The zero-order valence-corrected chi connectivity index (χ0v) is 14.7. The molecule has 4 heterocycles. The lowest BCUT2D eigenvalue weighted by Gasteiger charge is -2.22. The van der Waals surface area contributed by atoms with Crippen LogP contribution in [0, 0.1) is 0 Å². The Morgan fingerprint density at radius 1 is 1.22 bits per heavy atom. The molecule has 0 bridgehead atoms. The molecule has 27 heavy (non-hydrogen) atoms. The summed E-state index contributed by atoms with van der Waals surface area (Å²) in [6.07, 6.45) is 5.43. The van der Waals surface area contributed by atoms with Gasteiger partial charge in [0, 0.05) is 18.9 Å². The number of carbonyl (C=O) groups excluding carboxylic acids is 1. The van der Waals surface area contributed by atoms with Crippen molar-refractivity contribution in [2.75, 3.05) is 6.54 Å². The summed E-state index contributed by atoms with van der Waals surface area (Å²) in [6, 6.07) is 13.3. The van der Waals surface area contributed by atoms with E-state index >= 15 is 0 Å². The number of fused-ring (bicyclic) bond motifs is 1. The van der Waals surface area contributed by atoms with Gasteiger partial charge < -0.3 is 14.3 Å². The van der Waals surface area contributed by atoms with Gasteiger partial charge in [-0.05, 0) is 43.2 Å². The number of imidazole rings is 1. The molecule has 1 atom stereocenters. The van der Waals surface area contributed by atoms with Crippen LogP contribution in [0.3, 0.4) is 0 Å². The summed E-state index contributed by atoms with van der Waals surface area (Å²) in [6.45, 7) is 1.21. The van der Waals surface area contributed by atoms with Crippen molar-refractivity contribution in [2.24, 2.45) is 0 Å². The van der Waals surface area contributed by atoms with Crippen LogP contribution in [-0.2, 0) is 6.54 Å². The van der Waals surface area contributed by atoms with E-state index in [4.69, 9.17) is 4.42 Å². The van der Waals surface area contributed by atoms with Crippen molar-refractivity contribution in [1.82, 2.24) is 24.6 Å². The van der Waals surface area contributed by atoms with Gasteiger partial charge in [-0.25, -0.2) is 4.98 Å². The van der Waals surface area contributed by atoms with Gasteiger partial charge in [0.2, 0.25) is 0 Å². The summed E-state index contributed by atoms with van der Waals surface area (Å²) in [5, 5.41) is 4.16. The molecular weight excluding hydrogens is 342 g/mol. The van der Waals surface area contributed by atoms with Crippen LogP contribution in [0.15, 0.2) is 59.3 Å². The number of H-pyrrole nitrogens is 1. The number of carbonyl (C=O) groups is 1. The van der Waals surface area contributed by atoms with E-state index in [1.807, 2.05) is 47.5 Å². The van der Waals surface area contributed by atoms with Crippen molar-refractivity contribution in [2.45, 2.75) is 25.4 Å². The SMILES string of the molecule is O=C(c1ccc(Cn2cccn2)o1)N1CCC[C@@H]1c1nc2ccccc2[nH]1. The van der Waals surface area contributed by atoms with Gasteiger partial charge in [0.1, 0.15) is 11.6 Å². The third-order valence-corrected chi connectivity index (χ3v) is 4.99. The van der Waals surface area contributed by atoms with Gasteiger partial charge in [0.25, 0.3) is 5.91 Å². The summed E-state index contributed by atoms with van der Waals surface area (Å²) in [5.74, 6) is 1.82. The second kappa shape index (κ2) is 6.42. The van der Waals surface area contributed by atoms with E-state index in [-0.39, 0.29) is 11.9 Å². The summed E-state index contributed by atoms with van der Waals surface area (Å²) in [4.78, 5) is 22.9. The Hall–Kier alpha value is -3.35. The smallest absolute Gasteiger partial charge is 0.290 e. The number of aromatic amines is 1. The first-order valence-electron chi connectivity index (χ1n) is 9.10. The average Bonchev–Trinajstić information content (AvgIpc) is 3.45. The molecule has 4 aromatic rings. The van der Waals surface area contributed by atoms with Gasteiger partial charge in [0.05, 0.1) is 23.6 Å². The summed E-state index contributed by atoms with van der Waals surface area (Å²) in [7, 11) is 0. The lowest BCUT2D eigenvalue weighted by Crippen LogP contribution is -2.30. The van der Waals surface area contributed by atoms with Crippen LogP contribution in [0.5, 0.6) is 0 Å².